The van der Waals surface area contributed by atoms with E-state index >= 15 is 0 Å². The van der Waals surface area contributed by atoms with Crippen molar-refractivity contribution in [2.24, 2.45) is 0 Å². The second-order valence-corrected chi connectivity index (χ2v) is 4.81. The summed E-state index contributed by atoms with van der Waals surface area (Å²) in [7, 11) is 0. The van der Waals surface area contributed by atoms with Gasteiger partial charge in [0.2, 0.25) is 0 Å². The predicted octanol–water partition coefficient (Wildman–Crippen LogP) is 2.35. The molecule has 0 aromatic heterocycles. The van der Waals surface area contributed by atoms with Crippen molar-refractivity contribution in [2.75, 3.05) is 4.90 Å². The summed E-state index contributed by atoms with van der Waals surface area (Å²) in [6.45, 7) is 0. The summed E-state index contributed by atoms with van der Waals surface area (Å²) in [5.41, 5.74) is 0.400. The Balaban J connectivity index is 2.50. The van der Waals surface area contributed by atoms with E-state index in [1.54, 1.807) is 0 Å². The fourth-order valence-corrected chi connectivity index (χ4v) is 2.50. The Labute approximate surface area is 108 Å². The van der Waals surface area contributed by atoms with Gasteiger partial charge >= 0.3 is 0 Å². The van der Waals surface area contributed by atoms with Crippen LogP contribution in [0.25, 0.3) is 0 Å². The van der Waals surface area contributed by atoms with Crippen molar-refractivity contribution < 1.29 is 14.7 Å². The predicted molar refractivity (Wildman–Crippen MR) is 65.1 cm³/mol. The van der Waals surface area contributed by atoms with Crippen LogP contribution in [0.15, 0.2) is 33.2 Å². The zero-order chi connectivity index (χ0) is 11.9. The summed E-state index contributed by atoms with van der Waals surface area (Å²) in [5.74, 6) is -0.764. The highest BCUT2D eigenvalue weighted by atomic mass is 79.9. The topological polar surface area (TPSA) is 57.6 Å². The van der Waals surface area contributed by atoms with E-state index in [2.05, 4.69) is 31.9 Å². The highest BCUT2D eigenvalue weighted by molar-refractivity contribution is 9.11. The number of hydrogen-bond donors (Lipinski definition) is 1. The van der Waals surface area contributed by atoms with Gasteiger partial charge in [-0.25, -0.2) is 4.90 Å². The maximum atomic E-state index is 11.4. The first kappa shape index (κ1) is 11.3. The summed E-state index contributed by atoms with van der Waals surface area (Å²) in [6.07, 6.45) is 2.41. The van der Waals surface area contributed by atoms with Gasteiger partial charge in [-0.3, -0.25) is 9.59 Å². The van der Waals surface area contributed by atoms with E-state index in [9.17, 15) is 14.7 Å². The molecule has 0 saturated carbocycles. The number of carbonyl (C=O) groups excluding carboxylic acids is 2. The van der Waals surface area contributed by atoms with Crippen molar-refractivity contribution in [2.45, 2.75) is 0 Å². The van der Waals surface area contributed by atoms with Crippen LogP contribution in [-0.4, -0.2) is 16.9 Å². The molecule has 16 heavy (non-hydrogen) atoms. The van der Waals surface area contributed by atoms with E-state index in [1.807, 2.05) is 0 Å². The number of rotatable bonds is 1. The molecular formula is C10H5Br2NO3. The van der Waals surface area contributed by atoms with E-state index in [0.29, 0.717) is 14.6 Å². The number of halogens is 2. The molecular weight excluding hydrogens is 342 g/mol. The number of carbonyl (C=O) groups is 2. The van der Waals surface area contributed by atoms with E-state index in [-0.39, 0.29) is 5.75 Å². The molecule has 0 bridgehead atoms. The number of amides is 2. The van der Waals surface area contributed by atoms with Gasteiger partial charge in [0.25, 0.3) is 11.8 Å². The number of phenols is 1. The van der Waals surface area contributed by atoms with Crippen LogP contribution in [0.1, 0.15) is 0 Å². The summed E-state index contributed by atoms with van der Waals surface area (Å²) >= 11 is 6.27. The number of hydrogen-bond acceptors (Lipinski definition) is 3. The number of imide groups is 1. The Kier molecular flexibility index (Phi) is 2.86. The molecule has 82 valence electrons. The Morgan fingerprint density at radius 1 is 1.00 bits per heavy atom. The van der Waals surface area contributed by atoms with Crippen LogP contribution >= 0.6 is 31.9 Å². The van der Waals surface area contributed by atoms with Crippen LogP contribution in [0.3, 0.4) is 0 Å². The van der Waals surface area contributed by atoms with Crippen LogP contribution in [0, 0.1) is 0 Å². The molecule has 1 aliphatic rings. The zero-order valence-electron chi connectivity index (χ0n) is 7.78. The second-order valence-electron chi connectivity index (χ2n) is 3.10. The van der Waals surface area contributed by atoms with Gasteiger partial charge in [0.15, 0.2) is 0 Å². The summed E-state index contributed by atoms with van der Waals surface area (Å²) in [5, 5.41) is 9.51. The second kappa shape index (κ2) is 4.03. The van der Waals surface area contributed by atoms with Crippen LogP contribution in [0.4, 0.5) is 5.69 Å². The first-order valence-electron chi connectivity index (χ1n) is 4.25. The Hall–Kier alpha value is -1.14. The van der Waals surface area contributed by atoms with Crippen molar-refractivity contribution in [1.29, 1.82) is 0 Å². The van der Waals surface area contributed by atoms with Gasteiger partial charge in [0.05, 0.1) is 14.6 Å². The average Bonchev–Trinajstić information content (AvgIpc) is 2.54. The van der Waals surface area contributed by atoms with Crippen LogP contribution in [0.2, 0.25) is 0 Å². The number of nitrogens with zero attached hydrogens (tertiary/aromatic N) is 1. The van der Waals surface area contributed by atoms with Crippen molar-refractivity contribution in [3.63, 3.8) is 0 Å². The Morgan fingerprint density at radius 2 is 1.44 bits per heavy atom. The van der Waals surface area contributed by atoms with Gasteiger partial charge in [-0.15, -0.1) is 0 Å². The normalized spacial score (nSPS) is 15.0. The largest absolute Gasteiger partial charge is 0.506 e. The number of phenolic OH excluding ortho intramolecular Hbond substituents is 1. The maximum Gasteiger partial charge on any atom is 0.258 e. The fraction of sp³-hybridized carbons (Fsp3) is 0. The minimum atomic E-state index is -0.394. The third-order valence-corrected chi connectivity index (χ3v) is 3.28. The van der Waals surface area contributed by atoms with Crippen LogP contribution < -0.4 is 4.90 Å². The fourth-order valence-electron chi connectivity index (χ4n) is 1.34. The van der Waals surface area contributed by atoms with Crippen LogP contribution in [0.5, 0.6) is 5.75 Å². The molecule has 1 N–H and O–H groups in total. The smallest absolute Gasteiger partial charge is 0.258 e. The van der Waals surface area contributed by atoms with Crippen molar-refractivity contribution in [3.05, 3.63) is 33.2 Å². The van der Waals surface area contributed by atoms with E-state index in [4.69, 9.17) is 0 Å². The average molecular weight is 347 g/mol. The lowest BCUT2D eigenvalue weighted by Crippen LogP contribution is -2.29. The molecule has 6 heteroatoms. The molecule has 2 amide bonds. The SMILES string of the molecule is O=C1C=CC(=O)N1c1cc(Br)c(O)c(Br)c1. The van der Waals surface area contributed by atoms with Crippen molar-refractivity contribution >= 4 is 49.4 Å². The Bertz CT molecular complexity index is 484. The van der Waals surface area contributed by atoms with Gasteiger partial charge in [-0.1, -0.05) is 0 Å². The van der Waals surface area contributed by atoms with E-state index < -0.39 is 11.8 Å². The number of anilines is 1. The molecule has 0 saturated heterocycles. The third kappa shape index (κ3) is 1.78. The molecule has 0 aliphatic carbocycles. The molecule has 2 rings (SSSR count). The van der Waals surface area contributed by atoms with E-state index in [0.717, 1.165) is 4.90 Å². The molecule has 0 unspecified atom stereocenters. The zero-order valence-corrected chi connectivity index (χ0v) is 10.9. The summed E-state index contributed by atoms with van der Waals surface area (Å²) in [6, 6.07) is 3.01. The molecule has 1 heterocycles. The highest BCUT2D eigenvalue weighted by Crippen LogP contribution is 2.37. The number of aromatic hydroxyl groups is 1. The maximum absolute atomic E-state index is 11.4. The molecule has 1 aromatic rings. The summed E-state index contributed by atoms with van der Waals surface area (Å²) < 4.78 is 0.814. The lowest BCUT2D eigenvalue weighted by Gasteiger charge is -2.15. The van der Waals surface area contributed by atoms with Gasteiger partial charge in [0, 0.05) is 12.2 Å². The first-order valence-corrected chi connectivity index (χ1v) is 5.83. The molecule has 1 aromatic carbocycles. The van der Waals surface area contributed by atoms with Crippen molar-refractivity contribution in [1.82, 2.24) is 0 Å². The molecule has 0 atom stereocenters. The molecule has 1 aliphatic heterocycles. The molecule has 4 nitrogen and oxygen atoms in total. The number of benzene rings is 1. The molecule has 0 radical (unpaired) electrons. The molecule has 0 fully saturated rings. The van der Waals surface area contributed by atoms with Gasteiger partial charge in [0.1, 0.15) is 5.75 Å². The van der Waals surface area contributed by atoms with Crippen LogP contribution in [-0.2, 0) is 9.59 Å². The Morgan fingerprint density at radius 3 is 1.88 bits per heavy atom. The highest BCUT2D eigenvalue weighted by Gasteiger charge is 2.26. The van der Waals surface area contributed by atoms with Gasteiger partial charge < -0.3 is 5.11 Å². The van der Waals surface area contributed by atoms with Gasteiger partial charge in [-0.2, -0.15) is 0 Å². The molecule has 0 spiro atoms. The van der Waals surface area contributed by atoms with Gasteiger partial charge in [-0.05, 0) is 44.0 Å². The standard InChI is InChI=1S/C10H5Br2NO3/c11-6-3-5(4-7(12)10(6)16)13-8(14)1-2-9(13)15/h1-4,16H. The minimum Gasteiger partial charge on any atom is -0.506 e. The quantitative estimate of drug-likeness (QED) is 0.794. The van der Waals surface area contributed by atoms with Crippen molar-refractivity contribution in [3.8, 4) is 5.75 Å². The monoisotopic (exact) mass is 345 g/mol. The minimum absolute atomic E-state index is 0.0239. The third-order valence-electron chi connectivity index (χ3n) is 2.07. The summed E-state index contributed by atoms with van der Waals surface area (Å²) in [4.78, 5) is 23.9. The first-order chi connectivity index (χ1) is 7.50. The van der Waals surface area contributed by atoms with E-state index in [1.165, 1.54) is 24.3 Å². The lowest BCUT2D eigenvalue weighted by molar-refractivity contribution is -0.119. The lowest BCUT2D eigenvalue weighted by atomic mass is 10.3.